The third kappa shape index (κ3) is 4.58. The molecule has 0 aliphatic carbocycles. The third-order valence-electron chi connectivity index (χ3n) is 2.48. The summed E-state index contributed by atoms with van der Waals surface area (Å²) < 4.78 is 11.4. The number of rotatable bonds is 6. The highest BCUT2D eigenvalue weighted by Crippen LogP contribution is 2.31. The lowest BCUT2D eigenvalue weighted by Gasteiger charge is -2.18. The quantitative estimate of drug-likeness (QED) is 0.726. The van der Waals surface area contributed by atoms with Gasteiger partial charge in [0, 0.05) is 11.5 Å². The maximum absolute atomic E-state index is 12.0. The molecule has 0 fully saturated rings. The summed E-state index contributed by atoms with van der Waals surface area (Å²) in [6.07, 6.45) is 0.111. The van der Waals surface area contributed by atoms with E-state index in [1.807, 2.05) is 47.6 Å². The second-order valence-electron chi connectivity index (χ2n) is 5.51. The molecule has 0 aliphatic heterocycles. The summed E-state index contributed by atoms with van der Waals surface area (Å²) in [6, 6.07) is 5.39. The zero-order chi connectivity index (χ0) is 14.6. The Bertz CT molecular complexity index is 434. The van der Waals surface area contributed by atoms with E-state index >= 15 is 0 Å². The first-order valence-electron chi connectivity index (χ1n) is 6.82. The molecule has 0 N–H and O–H groups in total. The molecule has 0 unspecified atom stereocenters. The maximum atomic E-state index is 12.0. The zero-order valence-corrected chi connectivity index (χ0v) is 12.7. The van der Waals surface area contributed by atoms with Crippen molar-refractivity contribution in [1.82, 2.24) is 0 Å². The predicted octanol–water partition coefficient (Wildman–Crippen LogP) is 4.10. The lowest BCUT2D eigenvalue weighted by molar-refractivity contribution is 0.0938. The number of carbonyl (C=O) groups is 1. The van der Waals surface area contributed by atoms with Gasteiger partial charge in [0.15, 0.2) is 17.3 Å². The van der Waals surface area contributed by atoms with E-state index in [1.54, 1.807) is 12.1 Å². The lowest BCUT2D eigenvalue weighted by atomic mass is 10.0. The second kappa shape index (κ2) is 6.60. The van der Waals surface area contributed by atoms with Crippen LogP contribution in [0.25, 0.3) is 0 Å². The van der Waals surface area contributed by atoms with Gasteiger partial charge in [-0.3, -0.25) is 4.79 Å². The highest BCUT2D eigenvalue weighted by molar-refractivity contribution is 5.98. The number of Topliss-reactive ketones (excluding diaryl/α,β-unsaturated/α-hetero) is 1. The summed E-state index contributed by atoms with van der Waals surface area (Å²) in [7, 11) is 0. The molecular formula is C16H24O3. The van der Waals surface area contributed by atoms with Crippen molar-refractivity contribution in [2.75, 3.05) is 0 Å². The van der Waals surface area contributed by atoms with Crippen LogP contribution in [-0.4, -0.2) is 18.0 Å². The van der Waals surface area contributed by atoms with Crippen LogP contribution in [0.15, 0.2) is 18.2 Å². The monoisotopic (exact) mass is 264 g/mol. The van der Waals surface area contributed by atoms with Gasteiger partial charge in [-0.05, 0) is 45.9 Å². The zero-order valence-electron chi connectivity index (χ0n) is 12.7. The molecule has 3 heteroatoms. The van der Waals surface area contributed by atoms with Crippen LogP contribution < -0.4 is 9.47 Å². The molecule has 0 aliphatic rings. The molecular weight excluding hydrogens is 240 g/mol. The van der Waals surface area contributed by atoms with Crippen LogP contribution in [0.3, 0.4) is 0 Å². The average Bonchev–Trinajstić information content (AvgIpc) is 2.29. The number of hydrogen-bond donors (Lipinski definition) is 0. The molecule has 0 bridgehead atoms. The van der Waals surface area contributed by atoms with E-state index in [0.717, 1.165) is 0 Å². The topological polar surface area (TPSA) is 35.5 Å². The van der Waals surface area contributed by atoms with Crippen molar-refractivity contribution >= 4 is 5.78 Å². The Hall–Kier alpha value is -1.51. The van der Waals surface area contributed by atoms with Gasteiger partial charge >= 0.3 is 0 Å². The molecule has 0 atom stereocenters. The van der Waals surface area contributed by atoms with Crippen molar-refractivity contribution < 1.29 is 14.3 Å². The normalized spacial score (nSPS) is 11.2. The maximum Gasteiger partial charge on any atom is 0.165 e. The SMILES string of the molecule is CC(C)Oc1ccc(C(=O)C(C)C)cc1OC(C)C. The molecule has 0 saturated carbocycles. The Morgan fingerprint density at radius 1 is 0.895 bits per heavy atom. The molecule has 1 rings (SSSR count). The molecule has 3 nitrogen and oxygen atoms in total. The van der Waals surface area contributed by atoms with Crippen LogP contribution in [0.4, 0.5) is 0 Å². The third-order valence-corrected chi connectivity index (χ3v) is 2.48. The largest absolute Gasteiger partial charge is 0.487 e. The highest BCUT2D eigenvalue weighted by atomic mass is 16.5. The fourth-order valence-electron chi connectivity index (χ4n) is 1.69. The highest BCUT2D eigenvalue weighted by Gasteiger charge is 2.15. The van der Waals surface area contributed by atoms with E-state index in [-0.39, 0.29) is 23.9 Å². The molecule has 106 valence electrons. The van der Waals surface area contributed by atoms with Gasteiger partial charge in [0.1, 0.15) is 0 Å². The van der Waals surface area contributed by atoms with Crippen LogP contribution in [0.1, 0.15) is 51.9 Å². The molecule has 0 aromatic heterocycles. The minimum absolute atomic E-state index is 0.0243. The van der Waals surface area contributed by atoms with Gasteiger partial charge < -0.3 is 9.47 Å². The molecule has 1 aromatic carbocycles. The summed E-state index contributed by atoms with van der Waals surface area (Å²) in [4.78, 5) is 12.0. The number of carbonyl (C=O) groups excluding carboxylic acids is 1. The predicted molar refractivity (Wildman–Crippen MR) is 77.1 cm³/mol. The number of ketones is 1. The van der Waals surface area contributed by atoms with Gasteiger partial charge in [-0.1, -0.05) is 13.8 Å². The van der Waals surface area contributed by atoms with Crippen molar-refractivity contribution in [3.05, 3.63) is 23.8 Å². The van der Waals surface area contributed by atoms with Crippen molar-refractivity contribution in [1.29, 1.82) is 0 Å². The standard InChI is InChI=1S/C16H24O3/c1-10(2)16(17)13-7-8-14(18-11(3)4)15(9-13)19-12(5)6/h7-12H,1-6H3. The Morgan fingerprint density at radius 3 is 1.89 bits per heavy atom. The van der Waals surface area contributed by atoms with Crippen molar-refractivity contribution in [3.8, 4) is 11.5 Å². The lowest BCUT2D eigenvalue weighted by Crippen LogP contribution is -2.13. The molecule has 19 heavy (non-hydrogen) atoms. The van der Waals surface area contributed by atoms with Crippen LogP contribution >= 0.6 is 0 Å². The summed E-state index contributed by atoms with van der Waals surface area (Å²) in [5.74, 6) is 1.41. The fraction of sp³-hybridized carbons (Fsp3) is 0.562. The van der Waals surface area contributed by atoms with Crippen LogP contribution in [0.5, 0.6) is 11.5 Å². The van der Waals surface area contributed by atoms with Gasteiger partial charge in [0.25, 0.3) is 0 Å². The molecule has 0 heterocycles. The fourth-order valence-corrected chi connectivity index (χ4v) is 1.69. The average molecular weight is 264 g/mol. The van der Waals surface area contributed by atoms with Crippen molar-refractivity contribution in [2.24, 2.45) is 5.92 Å². The van der Waals surface area contributed by atoms with E-state index in [9.17, 15) is 4.79 Å². The van der Waals surface area contributed by atoms with E-state index < -0.39 is 0 Å². The van der Waals surface area contributed by atoms with Gasteiger partial charge in [-0.2, -0.15) is 0 Å². The smallest absolute Gasteiger partial charge is 0.165 e. The Kier molecular flexibility index (Phi) is 5.40. The molecule has 0 saturated heterocycles. The molecule has 1 aromatic rings. The van der Waals surface area contributed by atoms with E-state index in [4.69, 9.17) is 9.47 Å². The Morgan fingerprint density at radius 2 is 1.42 bits per heavy atom. The Labute approximate surface area is 115 Å². The molecule has 0 radical (unpaired) electrons. The van der Waals surface area contributed by atoms with Gasteiger partial charge in [-0.25, -0.2) is 0 Å². The van der Waals surface area contributed by atoms with E-state index in [1.165, 1.54) is 0 Å². The summed E-state index contributed by atoms with van der Waals surface area (Å²) in [6.45, 7) is 11.6. The Balaban J connectivity index is 3.10. The summed E-state index contributed by atoms with van der Waals surface area (Å²) in [5.41, 5.74) is 0.668. The molecule has 0 spiro atoms. The van der Waals surface area contributed by atoms with E-state index in [2.05, 4.69) is 0 Å². The first kappa shape index (κ1) is 15.5. The van der Waals surface area contributed by atoms with Crippen LogP contribution in [-0.2, 0) is 0 Å². The van der Waals surface area contributed by atoms with Crippen LogP contribution in [0, 0.1) is 5.92 Å². The van der Waals surface area contributed by atoms with Crippen LogP contribution in [0.2, 0.25) is 0 Å². The second-order valence-corrected chi connectivity index (χ2v) is 5.51. The minimum atomic E-state index is -0.0243. The number of benzene rings is 1. The van der Waals surface area contributed by atoms with E-state index in [0.29, 0.717) is 17.1 Å². The van der Waals surface area contributed by atoms with Gasteiger partial charge in [-0.15, -0.1) is 0 Å². The van der Waals surface area contributed by atoms with Crippen molar-refractivity contribution in [3.63, 3.8) is 0 Å². The minimum Gasteiger partial charge on any atom is -0.487 e. The number of hydrogen-bond acceptors (Lipinski definition) is 3. The summed E-state index contributed by atoms with van der Waals surface area (Å²) in [5, 5.41) is 0. The van der Waals surface area contributed by atoms with Gasteiger partial charge in [0.05, 0.1) is 12.2 Å². The first-order valence-corrected chi connectivity index (χ1v) is 6.82. The summed E-state index contributed by atoms with van der Waals surface area (Å²) >= 11 is 0. The van der Waals surface area contributed by atoms with Crippen molar-refractivity contribution in [2.45, 2.75) is 53.8 Å². The van der Waals surface area contributed by atoms with Gasteiger partial charge in [0.2, 0.25) is 0 Å². The first-order chi connectivity index (χ1) is 8.81. The molecule has 0 amide bonds. The number of ether oxygens (including phenoxy) is 2.